The summed E-state index contributed by atoms with van der Waals surface area (Å²) in [6.45, 7) is 3.97. The number of amides is 1. The van der Waals surface area contributed by atoms with Gasteiger partial charge in [0.05, 0.1) is 14.2 Å². The summed E-state index contributed by atoms with van der Waals surface area (Å²) in [6, 6.07) is 15.7. The normalized spacial score (nSPS) is 15.1. The highest BCUT2D eigenvalue weighted by molar-refractivity contribution is 5.99. The van der Waals surface area contributed by atoms with Gasteiger partial charge in [0, 0.05) is 32.7 Å². The van der Waals surface area contributed by atoms with E-state index in [1.165, 1.54) is 5.56 Å². The summed E-state index contributed by atoms with van der Waals surface area (Å²) in [6.07, 6.45) is 4.31. The average molecular weight is 366 g/mol. The van der Waals surface area contributed by atoms with Crippen LogP contribution in [0, 0.1) is 0 Å². The fraction of sp³-hybridized carbons (Fsp3) is 0.318. The Morgan fingerprint density at radius 2 is 1.56 bits per heavy atom. The monoisotopic (exact) mass is 366 g/mol. The molecule has 2 aromatic rings. The maximum atomic E-state index is 13.0. The number of rotatable bonds is 6. The van der Waals surface area contributed by atoms with Crippen LogP contribution in [0.15, 0.2) is 54.6 Å². The number of carbonyl (C=O) groups excluding carboxylic acids is 1. The zero-order chi connectivity index (χ0) is 19.1. The third kappa shape index (κ3) is 4.68. The van der Waals surface area contributed by atoms with Crippen molar-refractivity contribution in [3.63, 3.8) is 0 Å². The minimum Gasteiger partial charge on any atom is -0.496 e. The number of piperazine rings is 1. The molecule has 1 aliphatic heterocycles. The molecule has 1 saturated heterocycles. The van der Waals surface area contributed by atoms with Crippen molar-refractivity contribution < 1.29 is 14.3 Å². The largest absolute Gasteiger partial charge is 0.496 e. The van der Waals surface area contributed by atoms with Gasteiger partial charge in [0.2, 0.25) is 0 Å². The first-order valence-corrected chi connectivity index (χ1v) is 9.17. The summed E-state index contributed by atoms with van der Waals surface area (Å²) in [5, 5.41) is 0. The lowest BCUT2D eigenvalue weighted by atomic mass is 10.1. The SMILES string of the molecule is COc1cccc(OC)c1C(=O)N1CCN(CC=Cc2ccccc2)CC1. The van der Waals surface area contributed by atoms with E-state index < -0.39 is 0 Å². The highest BCUT2D eigenvalue weighted by Gasteiger charge is 2.26. The topological polar surface area (TPSA) is 42.0 Å². The number of benzene rings is 2. The Bertz CT molecular complexity index is 759. The average Bonchev–Trinajstić information content (AvgIpc) is 2.74. The van der Waals surface area contributed by atoms with Crippen LogP contribution in [-0.2, 0) is 0 Å². The van der Waals surface area contributed by atoms with Crippen LogP contribution >= 0.6 is 0 Å². The van der Waals surface area contributed by atoms with Gasteiger partial charge < -0.3 is 14.4 Å². The van der Waals surface area contributed by atoms with E-state index in [0.717, 1.165) is 19.6 Å². The molecular formula is C22H26N2O3. The first-order valence-electron chi connectivity index (χ1n) is 9.17. The molecule has 0 saturated carbocycles. The standard InChI is InChI=1S/C22H26N2O3/c1-26-19-11-6-12-20(27-2)21(19)22(25)24-16-14-23(15-17-24)13-7-10-18-8-4-3-5-9-18/h3-12H,13-17H2,1-2H3. The van der Waals surface area contributed by atoms with Gasteiger partial charge in [-0.1, -0.05) is 48.6 Å². The number of hydrogen-bond acceptors (Lipinski definition) is 4. The molecule has 27 heavy (non-hydrogen) atoms. The molecule has 1 aliphatic rings. The van der Waals surface area contributed by atoms with Crippen molar-refractivity contribution in [2.24, 2.45) is 0 Å². The second-order valence-corrected chi connectivity index (χ2v) is 6.44. The summed E-state index contributed by atoms with van der Waals surface area (Å²) < 4.78 is 10.7. The number of nitrogens with zero attached hydrogens (tertiary/aromatic N) is 2. The first-order chi connectivity index (χ1) is 13.2. The van der Waals surface area contributed by atoms with Gasteiger partial charge in [-0.05, 0) is 17.7 Å². The lowest BCUT2D eigenvalue weighted by Crippen LogP contribution is -2.48. The van der Waals surface area contributed by atoms with E-state index in [1.807, 2.05) is 29.2 Å². The van der Waals surface area contributed by atoms with Crippen LogP contribution in [0.1, 0.15) is 15.9 Å². The minimum atomic E-state index is -0.0382. The Labute approximate surface area is 160 Å². The summed E-state index contributed by atoms with van der Waals surface area (Å²) in [4.78, 5) is 17.2. The van der Waals surface area contributed by atoms with Crippen molar-refractivity contribution >= 4 is 12.0 Å². The van der Waals surface area contributed by atoms with Gasteiger partial charge in [0.15, 0.2) is 0 Å². The van der Waals surface area contributed by atoms with Crippen LogP contribution in [0.2, 0.25) is 0 Å². The smallest absolute Gasteiger partial charge is 0.261 e. The molecule has 0 bridgehead atoms. The molecule has 2 aromatic carbocycles. The lowest BCUT2D eigenvalue weighted by Gasteiger charge is -2.34. The zero-order valence-electron chi connectivity index (χ0n) is 15.9. The van der Waals surface area contributed by atoms with E-state index >= 15 is 0 Å². The second-order valence-electron chi connectivity index (χ2n) is 6.44. The number of hydrogen-bond donors (Lipinski definition) is 0. The molecule has 1 amide bonds. The van der Waals surface area contributed by atoms with Crippen LogP contribution in [-0.4, -0.2) is 62.7 Å². The van der Waals surface area contributed by atoms with Gasteiger partial charge in [0.1, 0.15) is 17.1 Å². The lowest BCUT2D eigenvalue weighted by molar-refractivity contribution is 0.0643. The summed E-state index contributed by atoms with van der Waals surface area (Å²) in [5.41, 5.74) is 1.70. The van der Waals surface area contributed by atoms with Crippen LogP contribution in [0.3, 0.4) is 0 Å². The third-order valence-corrected chi connectivity index (χ3v) is 4.77. The van der Waals surface area contributed by atoms with E-state index in [-0.39, 0.29) is 5.91 Å². The molecule has 0 atom stereocenters. The van der Waals surface area contributed by atoms with E-state index in [1.54, 1.807) is 26.4 Å². The molecule has 1 heterocycles. The molecule has 3 rings (SSSR count). The second kappa shape index (κ2) is 9.24. The molecule has 0 unspecified atom stereocenters. The molecule has 5 nitrogen and oxygen atoms in total. The third-order valence-electron chi connectivity index (χ3n) is 4.77. The van der Waals surface area contributed by atoms with Crippen molar-refractivity contribution in [2.45, 2.75) is 0 Å². The molecule has 0 aromatic heterocycles. The molecule has 0 aliphatic carbocycles. The molecule has 0 radical (unpaired) electrons. The van der Waals surface area contributed by atoms with Gasteiger partial charge in [-0.25, -0.2) is 0 Å². The van der Waals surface area contributed by atoms with Crippen molar-refractivity contribution in [3.8, 4) is 11.5 Å². The fourth-order valence-electron chi connectivity index (χ4n) is 3.26. The van der Waals surface area contributed by atoms with Crippen molar-refractivity contribution in [1.29, 1.82) is 0 Å². The van der Waals surface area contributed by atoms with Crippen molar-refractivity contribution in [1.82, 2.24) is 9.80 Å². The Balaban J connectivity index is 1.58. The van der Waals surface area contributed by atoms with E-state index in [9.17, 15) is 4.79 Å². The quantitative estimate of drug-likeness (QED) is 0.788. The predicted octanol–water partition coefficient (Wildman–Crippen LogP) is 3.18. The molecule has 0 spiro atoms. The molecule has 142 valence electrons. The molecule has 0 N–H and O–H groups in total. The summed E-state index contributed by atoms with van der Waals surface area (Å²) >= 11 is 0. The van der Waals surface area contributed by atoms with Gasteiger partial charge in [0.25, 0.3) is 5.91 Å². The maximum absolute atomic E-state index is 13.0. The van der Waals surface area contributed by atoms with Crippen molar-refractivity contribution in [2.75, 3.05) is 46.9 Å². The predicted molar refractivity (Wildman–Crippen MR) is 107 cm³/mol. The Morgan fingerprint density at radius 1 is 0.926 bits per heavy atom. The molecule has 5 heteroatoms. The van der Waals surface area contributed by atoms with Crippen LogP contribution in [0.25, 0.3) is 6.08 Å². The zero-order valence-corrected chi connectivity index (χ0v) is 15.9. The Kier molecular flexibility index (Phi) is 6.49. The van der Waals surface area contributed by atoms with Crippen LogP contribution in [0.5, 0.6) is 11.5 Å². The number of methoxy groups -OCH3 is 2. The van der Waals surface area contributed by atoms with E-state index in [4.69, 9.17) is 9.47 Å². The Morgan fingerprint density at radius 3 is 2.15 bits per heavy atom. The van der Waals surface area contributed by atoms with Gasteiger partial charge in [-0.2, -0.15) is 0 Å². The Hall–Kier alpha value is -2.79. The van der Waals surface area contributed by atoms with Gasteiger partial charge in [-0.15, -0.1) is 0 Å². The van der Waals surface area contributed by atoms with Gasteiger partial charge in [-0.3, -0.25) is 9.69 Å². The first kappa shape index (κ1) is 19.0. The van der Waals surface area contributed by atoms with Gasteiger partial charge >= 0.3 is 0 Å². The summed E-state index contributed by atoms with van der Waals surface area (Å²) in [7, 11) is 3.14. The van der Waals surface area contributed by atoms with E-state index in [0.29, 0.717) is 30.2 Å². The number of ether oxygens (including phenoxy) is 2. The number of carbonyl (C=O) groups is 1. The van der Waals surface area contributed by atoms with Crippen LogP contribution < -0.4 is 9.47 Å². The maximum Gasteiger partial charge on any atom is 0.261 e. The fourth-order valence-corrected chi connectivity index (χ4v) is 3.26. The molecule has 1 fully saturated rings. The van der Waals surface area contributed by atoms with Crippen LogP contribution in [0.4, 0.5) is 0 Å². The minimum absolute atomic E-state index is 0.0382. The highest BCUT2D eigenvalue weighted by Crippen LogP contribution is 2.29. The van der Waals surface area contributed by atoms with E-state index in [2.05, 4.69) is 29.2 Å². The summed E-state index contributed by atoms with van der Waals surface area (Å²) in [5.74, 6) is 1.06. The highest BCUT2D eigenvalue weighted by atomic mass is 16.5. The van der Waals surface area contributed by atoms with Crippen molar-refractivity contribution in [3.05, 3.63) is 65.7 Å². The molecular weight excluding hydrogens is 340 g/mol.